The fourth-order valence-corrected chi connectivity index (χ4v) is 3.81. The van der Waals surface area contributed by atoms with E-state index in [1.807, 2.05) is 0 Å². The normalized spacial score (nSPS) is 22.5. The minimum atomic E-state index is -5.41. The molecule has 0 aliphatic carbocycles. The monoisotopic (exact) mass is 475 g/mol. The van der Waals surface area contributed by atoms with Gasteiger partial charge in [0.25, 0.3) is 5.69 Å². The zero-order valence-corrected chi connectivity index (χ0v) is 17.1. The topological polar surface area (TPSA) is 135 Å². The van der Waals surface area contributed by atoms with Crippen molar-refractivity contribution < 1.29 is 37.2 Å². The van der Waals surface area contributed by atoms with Gasteiger partial charge in [0, 0.05) is 23.3 Å². The number of nitro groups is 1. The maximum Gasteiger partial charge on any atom is 0.437 e. The van der Waals surface area contributed by atoms with Gasteiger partial charge in [-0.25, -0.2) is 4.79 Å². The van der Waals surface area contributed by atoms with Gasteiger partial charge < -0.3 is 20.2 Å². The summed E-state index contributed by atoms with van der Waals surface area (Å²) in [5.41, 5.74) is -4.01. The molecule has 1 aliphatic rings. The predicted octanol–water partition coefficient (Wildman–Crippen LogP) is 3.96. The van der Waals surface area contributed by atoms with Crippen LogP contribution in [0.15, 0.2) is 71.1 Å². The molecule has 3 N–H and O–H groups in total. The van der Waals surface area contributed by atoms with Crippen molar-refractivity contribution in [3.63, 3.8) is 0 Å². The number of alkyl halides is 3. The number of carbonyl (C=O) groups is 2. The number of nitrogens with zero attached hydrogens (tertiary/aromatic N) is 1. The van der Waals surface area contributed by atoms with Gasteiger partial charge in [-0.2, -0.15) is 13.2 Å². The lowest BCUT2D eigenvalue weighted by Crippen LogP contribution is -2.72. The smallest absolute Gasteiger partial charge is 0.437 e. The fraction of sp³-hybridized carbons (Fsp3) is 0.182. The van der Waals surface area contributed by atoms with Gasteiger partial charge in [0.1, 0.15) is 23.5 Å². The van der Waals surface area contributed by atoms with Gasteiger partial charge in [0.2, 0.25) is 5.72 Å². The second-order valence-electron chi connectivity index (χ2n) is 7.56. The molecule has 3 aromatic rings. The third-order valence-electron chi connectivity index (χ3n) is 5.42. The lowest BCUT2D eigenvalue weighted by atomic mass is 9.79. The van der Waals surface area contributed by atoms with Crippen LogP contribution in [-0.4, -0.2) is 33.7 Å². The summed E-state index contributed by atoms with van der Waals surface area (Å²) in [5.74, 6) is -3.55. The van der Waals surface area contributed by atoms with E-state index in [9.17, 15) is 38.0 Å². The van der Waals surface area contributed by atoms with Crippen LogP contribution in [0.2, 0.25) is 0 Å². The minimum absolute atomic E-state index is 0.0490. The summed E-state index contributed by atoms with van der Waals surface area (Å²) in [6, 6.07) is 11.8. The zero-order valence-electron chi connectivity index (χ0n) is 17.1. The fourth-order valence-electron chi connectivity index (χ4n) is 3.81. The van der Waals surface area contributed by atoms with Crippen molar-refractivity contribution in [1.29, 1.82) is 0 Å². The number of nitrogens with one attached hydrogen (secondary N) is 2. The molecular formula is C22H16F3N3O6. The van der Waals surface area contributed by atoms with E-state index in [-0.39, 0.29) is 28.3 Å². The number of benzene rings is 2. The van der Waals surface area contributed by atoms with Crippen LogP contribution in [0.3, 0.4) is 0 Å². The van der Waals surface area contributed by atoms with E-state index in [2.05, 4.69) is 5.32 Å². The van der Waals surface area contributed by atoms with E-state index in [0.717, 1.165) is 0 Å². The van der Waals surface area contributed by atoms with Gasteiger partial charge in [-0.15, -0.1) is 0 Å². The van der Waals surface area contributed by atoms with Crippen molar-refractivity contribution in [3.8, 4) is 11.3 Å². The average Bonchev–Trinajstić information content (AvgIpc) is 3.28. The van der Waals surface area contributed by atoms with Crippen molar-refractivity contribution in [2.75, 3.05) is 0 Å². The molecular weight excluding hydrogens is 459 g/mol. The molecule has 3 atom stereocenters. The highest BCUT2D eigenvalue weighted by molar-refractivity contribution is 6.00. The van der Waals surface area contributed by atoms with Crippen LogP contribution in [-0.2, 0) is 0 Å². The van der Waals surface area contributed by atoms with Crippen LogP contribution in [0, 0.1) is 16.0 Å². The van der Waals surface area contributed by atoms with Gasteiger partial charge in [-0.3, -0.25) is 14.9 Å². The van der Waals surface area contributed by atoms with E-state index in [4.69, 9.17) is 4.42 Å². The summed E-state index contributed by atoms with van der Waals surface area (Å²) in [6.45, 7) is 0. The molecule has 0 saturated carbocycles. The highest BCUT2D eigenvalue weighted by Crippen LogP contribution is 2.44. The number of carbonyl (C=O) groups excluding carboxylic acids is 2. The Labute approximate surface area is 189 Å². The van der Waals surface area contributed by atoms with Crippen molar-refractivity contribution in [2.24, 2.45) is 5.92 Å². The molecule has 12 heteroatoms. The maximum absolute atomic E-state index is 14.0. The molecule has 1 fully saturated rings. The van der Waals surface area contributed by atoms with Gasteiger partial charge in [0.05, 0.1) is 4.92 Å². The molecule has 4 rings (SSSR count). The highest BCUT2D eigenvalue weighted by Gasteiger charge is 2.66. The molecule has 176 valence electrons. The van der Waals surface area contributed by atoms with Crippen molar-refractivity contribution >= 4 is 17.5 Å². The molecule has 0 spiro atoms. The summed E-state index contributed by atoms with van der Waals surface area (Å²) >= 11 is 0. The summed E-state index contributed by atoms with van der Waals surface area (Å²) in [5, 5.41) is 25.3. The Hall–Kier alpha value is -4.19. The lowest BCUT2D eigenvalue weighted by Gasteiger charge is -2.44. The number of hydrogen-bond acceptors (Lipinski definition) is 6. The molecule has 0 radical (unpaired) electrons. The summed E-state index contributed by atoms with van der Waals surface area (Å²) in [7, 11) is 0. The Kier molecular flexibility index (Phi) is 5.61. The van der Waals surface area contributed by atoms with E-state index < -0.39 is 40.6 Å². The van der Waals surface area contributed by atoms with E-state index in [1.165, 1.54) is 66.0 Å². The molecule has 0 bridgehead atoms. The first kappa shape index (κ1) is 23.0. The second-order valence-corrected chi connectivity index (χ2v) is 7.56. The van der Waals surface area contributed by atoms with E-state index in [1.54, 1.807) is 6.07 Å². The number of urea groups is 1. The summed E-state index contributed by atoms with van der Waals surface area (Å²) in [4.78, 5) is 35.7. The second kappa shape index (κ2) is 8.30. The van der Waals surface area contributed by atoms with Crippen LogP contribution in [0.1, 0.15) is 22.2 Å². The predicted molar refractivity (Wildman–Crippen MR) is 110 cm³/mol. The van der Waals surface area contributed by atoms with Crippen LogP contribution < -0.4 is 10.6 Å². The number of Topliss-reactive ketones (excluding diaryl/α,β-unsaturated/α-hetero) is 1. The van der Waals surface area contributed by atoms with Gasteiger partial charge in [-0.05, 0) is 12.1 Å². The number of hydrogen-bond donors (Lipinski definition) is 3. The van der Waals surface area contributed by atoms with Gasteiger partial charge >= 0.3 is 12.2 Å². The van der Waals surface area contributed by atoms with Gasteiger partial charge in [-0.1, -0.05) is 42.5 Å². The summed E-state index contributed by atoms with van der Waals surface area (Å²) in [6.07, 6.45) is -5.41. The Bertz CT molecular complexity index is 1260. The van der Waals surface area contributed by atoms with Crippen LogP contribution in [0.25, 0.3) is 11.3 Å². The molecule has 1 aliphatic heterocycles. The number of halogens is 3. The largest absolute Gasteiger partial charge is 0.459 e. The van der Waals surface area contributed by atoms with Crippen molar-refractivity contribution in [3.05, 3.63) is 88.2 Å². The van der Waals surface area contributed by atoms with Crippen molar-refractivity contribution in [1.82, 2.24) is 10.6 Å². The quantitative estimate of drug-likeness (QED) is 0.291. The number of non-ortho nitro benzene ring substituents is 1. The molecule has 1 aromatic heterocycles. The van der Waals surface area contributed by atoms with Crippen LogP contribution >= 0.6 is 0 Å². The SMILES string of the molecule is O=C1N[C@H](c2ccc(-c3cccc([N+](=O)[O-])c3)o2)[C@@H](C(=O)c2ccccc2)[C@](O)(C(F)(F)F)N1. The Morgan fingerprint density at radius 1 is 1.09 bits per heavy atom. The molecule has 2 aromatic carbocycles. The third-order valence-corrected chi connectivity index (χ3v) is 5.42. The molecule has 1 saturated heterocycles. The zero-order chi connectivity index (χ0) is 24.7. The lowest BCUT2D eigenvalue weighted by molar-refractivity contribution is -0.384. The number of rotatable bonds is 5. The standard InChI is InChI=1S/C22H16F3N3O6/c23-22(24,25)21(31)17(19(29)12-5-2-1-3-6-12)18(26-20(30)27-21)16-10-9-15(34-16)13-7-4-8-14(11-13)28(32)33/h1-11,17-18,31H,(H2,26,27,30)/t17-,18+,21-/m0/s1. The average molecular weight is 475 g/mol. The van der Waals surface area contributed by atoms with Crippen molar-refractivity contribution in [2.45, 2.75) is 17.9 Å². The molecule has 9 nitrogen and oxygen atoms in total. The molecule has 2 amide bonds. The molecule has 0 unspecified atom stereocenters. The molecule has 2 heterocycles. The van der Waals surface area contributed by atoms with Crippen LogP contribution in [0.4, 0.5) is 23.7 Å². The first-order chi connectivity index (χ1) is 16.0. The van der Waals surface area contributed by atoms with Gasteiger partial charge in [0.15, 0.2) is 5.78 Å². The minimum Gasteiger partial charge on any atom is -0.459 e. The first-order valence-electron chi connectivity index (χ1n) is 9.83. The first-order valence-corrected chi connectivity index (χ1v) is 9.83. The number of nitro benzene ring substituents is 1. The highest BCUT2D eigenvalue weighted by atomic mass is 19.4. The molecule has 34 heavy (non-hydrogen) atoms. The summed E-state index contributed by atoms with van der Waals surface area (Å²) < 4.78 is 47.5. The van der Waals surface area contributed by atoms with E-state index in [0.29, 0.717) is 0 Å². The number of aliphatic hydroxyl groups is 1. The Morgan fingerprint density at radius 3 is 2.44 bits per heavy atom. The number of ketones is 1. The van der Waals surface area contributed by atoms with Crippen LogP contribution in [0.5, 0.6) is 0 Å². The number of amides is 2. The Morgan fingerprint density at radius 2 is 1.79 bits per heavy atom. The maximum atomic E-state index is 14.0. The third kappa shape index (κ3) is 3.99. The Balaban J connectivity index is 1.80. The van der Waals surface area contributed by atoms with E-state index >= 15 is 0 Å². The number of furan rings is 1.